The van der Waals surface area contributed by atoms with Crippen molar-refractivity contribution in [2.75, 3.05) is 39.0 Å². The van der Waals surface area contributed by atoms with Gasteiger partial charge in [0.25, 0.3) is 0 Å². The average molecular weight is 337 g/mol. The van der Waals surface area contributed by atoms with Crippen molar-refractivity contribution in [3.8, 4) is 0 Å². The maximum atomic E-state index is 9.41. The number of thioether (sulfide) groups is 1. The highest BCUT2D eigenvalue weighted by atomic mass is 32.2. The van der Waals surface area contributed by atoms with E-state index < -0.39 is 0 Å². The molecule has 1 fully saturated rings. The van der Waals surface area contributed by atoms with Crippen LogP contribution in [-0.4, -0.2) is 60.0 Å². The summed E-state index contributed by atoms with van der Waals surface area (Å²) in [5.74, 6) is 0.747. The fourth-order valence-corrected chi connectivity index (χ4v) is 3.76. The van der Waals surface area contributed by atoms with E-state index in [2.05, 4.69) is 54.2 Å². The minimum absolute atomic E-state index is 0.290. The smallest absolute Gasteiger partial charge is 0.0446 e. The van der Waals surface area contributed by atoms with E-state index in [0.29, 0.717) is 12.6 Å². The van der Waals surface area contributed by atoms with Gasteiger partial charge in [-0.25, -0.2) is 0 Å². The Bertz CT molecular complexity index is 466. The number of piperazine rings is 1. The molecule has 130 valence electrons. The maximum Gasteiger partial charge on any atom is 0.0446 e. The number of benzene rings is 1. The number of nitrogens with zero attached hydrogens (tertiary/aromatic N) is 2. The minimum atomic E-state index is 0.290. The molecule has 0 aliphatic carbocycles. The van der Waals surface area contributed by atoms with Crippen molar-refractivity contribution in [2.24, 2.45) is 5.92 Å². The van der Waals surface area contributed by atoms with Crippen LogP contribution in [0.1, 0.15) is 32.3 Å². The molecule has 1 aliphatic heterocycles. The van der Waals surface area contributed by atoms with Gasteiger partial charge in [-0.1, -0.05) is 26.0 Å². The fraction of sp³-hybridized carbons (Fsp3) is 0.684. The normalized spacial score (nSPS) is 20.3. The number of aliphatic hydroxyl groups is 1. The zero-order chi connectivity index (χ0) is 16.7. The standard InChI is InChI=1S/C19H32N2OS/c1-16(2)7-9-21-11-10-20(15-18(21)8-12-22)14-17-5-4-6-19(13-17)23-3/h4-6,13,16,18,22H,7-12,14-15H2,1-3H3/t18-/m1/s1. The molecule has 3 nitrogen and oxygen atoms in total. The van der Waals surface area contributed by atoms with Crippen LogP contribution >= 0.6 is 11.8 Å². The first kappa shape index (κ1) is 18.8. The van der Waals surface area contributed by atoms with Gasteiger partial charge >= 0.3 is 0 Å². The largest absolute Gasteiger partial charge is 0.396 e. The Kier molecular flexibility index (Phi) is 7.90. The van der Waals surface area contributed by atoms with Crippen LogP contribution in [0.5, 0.6) is 0 Å². The molecule has 1 atom stereocenters. The fourth-order valence-electron chi connectivity index (χ4n) is 3.27. The van der Waals surface area contributed by atoms with Crippen LogP contribution in [0.3, 0.4) is 0 Å². The van der Waals surface area contributed by atoms with Crippen LogP contribution in [0, 0.1) is 5.92 Å². The van der Waals surface area contributed by atoms with E-state index >= 15 is 0 Å². The topological polar surface area (TPSA) is 26.7 Å². The van der Waals surface area contributed by atoms with E-state index in [4.69, 9.17) is 0 Å². The van der Waals surface area contributed by atoms with Crippen molar-refractivity contribution >= 4 is 11.8 Å². The maximum absolute atomic E-state index is 9.41. The molecule has 0 amide bonds. The van der Waals surface area contributed by atoms with Crippen molar-refractivity contribution in [1.82, 2.24) is 9.80 Å². The van der Waals surface area contributed by atoms with Crippen LogP contribution in [-0.2, 0) is 6.54 Å². The number of hydrogen-bond donors (Lipinski definition) is 1. The zero-order valence-electron chi connectivity index (χ0n) is 14.9. The molecule has 0 spiro atoms. The molecule has 2 rings (SSSR count). The van der Waals surface area contributed by atoms with Gasteiger partial charge in [0.15, 0.2) is 0 Å². The molecule has 4 heteroatoms. The summed E-state index contributed by atoms with van der Waals surface area (Å²) >= 11 is 1.80. The van der Waals surface area contributed by atoms with Gasteiger partial charge in [0.1, 0.15) is 0 Å². The van der Waals surface area contributed by atoms with E-state index in [1.54, 1.807) is 11.8 Å². The molecule has 23 heavy (non-hydrogen) atoms. The van der Waals surface area contributed by atoms with Crippen LogP contribution < -0.4 is 0 Å². The lowest BCUT2D eigenvalue weighted by Crippen LogP contribution is -2.53. The highest BCUT2D eigenvalue weighted by Crippen LogP contribution is 2.20. The highest BCUT2D eigenvalue weighted by Gasteiger charge is 2.26. The molecule has 1 aromatic rings. The third kappa shape index (κ3) is 6.11. The Labute approximate surface area is 146 Å². The summed E-state index contributed by atoms with van der Waals surface area (Å²) in [5, 5.41) is 9.41. The summed E-state index contributed by atoms with van der Waals surface area (Å²) in [7, 11) is 0. The van der Waals surface area contributed by atoms with E-state index in [1.807, 2.05) is 0 Å². The van der Waals surface area contributed by atoms with Gasteiger partial charge in [0, 0.05) is 43.7 Å². The molecule has 1 aromatic carbocycles. The first-order chi connectivity index (χ1) is 11.1. The Morgan fingerprint density at radius 1 is 1.30 bits per heavy atom. The van der Waals surface area contributed by atoms with Crippen LogP contribution in [0.4, 0.5) is 0 Å². The predicted molar refractivity (Wildman–Crippen MR) is 100 cm³/mol. The zero-order valence-corrected chi connectivity index (χ0v) is 15.7. The van der Waals surface area contributed by atoms with Gasteiger partial charge in [0.2, 0.25) is 0 Å². The lowest BCUT2D eigenvalue weighted by molar-refractivity contribution is 0.0524. The number of rotatable bonds is 8. The molecule has 1 saturated heterocycles. The number of aliphatic hydroxyl groups excluding tert-OH is 1. The Hall–Kier alpha value is -0.550. The summed E-state index contributed by atoms with van der Waals surface area (Å²) in [6, 6.07) is 9.36. The lowest BCUT2D eigenvalue weighted by atomic mass is 10.0. The summed E-state index contributed by atoms with van der Waals surface area (Å²) in [6.45, 7) is 10.4. The quantitative estimate of drug-likeness (QED) is 0.737. The molecule has 0 aromatic heterocycles. The first-order valence-corrected chi connectivity index (χ1v) is 10.0. The predicted octanol–water partition coefficient (Wildman–Crippen LogP) is 3.32. The van der Waals surface area contributed by atoms with Gasteiger partial charge in [-0.2, -0.15) is 0 Å². The second-order valence-corrected chi connectivity index (χ2v) is 7.85. The van der Waals surface area contributed by atoms with Crippen molar-refractivity contribution in [3.05, 3.63) is 29.8 Å². The Morgan fingerprint density at radius 3 is 2.83 bits per heavy atom. The van der Waals surface area contributed by atoms with Crippen molar-refractivity contribution in [2.45, 2.75) is 44.2 Å². The van der Waals surface area contributed by atoms with E-state index in [9.17, 15) is 5.11 Å². The van der Waals surface area contributed by atoms with Crippen molar-refractivity contribution in [1.29, 1.82) is 0 Å². The summed E-state index contributed by atoms with van der Waals surface area (Å²) < 4.78 is 0. The van der Waals surface area contributed by atoms with Crippen LogP contribution in [0.15, 0.2) is 29.2 Å². The molecule has 0 unspecified atom stereocenters. The monoisotopic (exact) mass is 336 g/mol. The molecule has 1 N–H and O–H groups in total. The van der Waals surface area contributed by atoms with Gasteiger partial charge in [0.05, 0.1) is 0 Å². The summed E-state index contributed by atoms with van der Waals surface area (Å²) in [6.07, 6.45) is 4.26. The Balaban J connectivity index is 1.92. The lowest BCUT2D eigenvalue weighted by Gasteiger charge is -2.41. The van der Waals surface area contributed by atoms with Crippen LogP contribution in [0.25, 0.3) is 0 Å². The molecular weight excluding hydrogens is 304 g/mol. The average Bonchev–Trinajstić information content (AvgIpc) is 2.54. The van der Waals surface area contributed by atoms with E-state index in [1.165, 1.54) is 16.9 Å². The van der Waals surface area contributed by atoms with Gasteiger partial charge in [-0.05, 0) is 49.3 Å². The second kappa shape index (κ2) is 9.67. The molecule has 0 saturated carbocycles. The second-order valence-electron chi connectivity index (χ2n) is 6.97. The van der Waals surface area contributed by atoms with Crippen molar-refractivity contribution in [3.63, 3.8) is 0 Å². The van der Waals surface area contributed by atoms with Crippen molar-refractivity contribution < 1.29 is 5.11 Å². The summed E-state index contributed by atoms with van der Waals surface area (Å²) in [5.41, 5.74) is 1.40. The summed E-state index contributed by atoms with van der Waals surface area (Å²) in [4.78, 5) is 6.47. The van der Waals surface area contributed by atoms with Gasteiger partial charge in [-0.15, -0.1) is 11.8 Å². The third-order valence-electron chi connectivity index (χ3n) is 4.69. The Morgan fingerprint density at radius 2 is 2.13 bits per heavy atom. The van der Waals surface area contributed by atoms with E-state index in [-0.39, 0.29) is 0 Å². The first-order valence-electron chi connectivity index (χ1n) is 8.82. The van der Waals surface area contributed by atoms with Gasteiger partial charge < -0.3 is 5.11 Å². The highest BCUT2D eigenvalue weighted by molar-refractivity contribution is 7.98. The molecule has 1 heterocycles. The molecule has 1 aliphatic rings. The van der Waals surface area contributed by atoms with E-state index in [0.717, 1.165) is 45.1 Å². The minimum Gasteiger partial charge on any atom is -0.396 e. The van der Waals surface area contributed by atoms with Crippen LogP contribution in [0.2, 0.25) is 0 Å². The molecule has 0 bridgehead atoms. The SMILES string of the molecule is CSc1cccc(CN2CCN(CCC(C)C)[C@H](CCO)C2)c1. The van der Waals surface area contributed by atoms with Gasteiger partial charge in [-0.3, -0.25) is 9.80 Å². The number of hydrogen-bond acceptors (Lipinski definition) is 4. The molecule has 0 radical (unpaired) electrons. The molecular formula is C19H32N2OS. The third-order valence-corrected chi connectivity index (χ3v) is 5.41.